The van der Waals surface area contributed by atoms with Crippen molar-refractivity contribution in [2.75, 3.05) is 19.6 Å². The summed E-state index contributed by atoms with van der Waals surface area (Å²) in [5, 5.41) is 3.35. The Hall–Kier alpha value is -2.21. The Morgan fingerprint density at radius 3 is 2.95 bits per heavy atom. The molecular weight excluding hydrogens is 244 g/mol. The number of rotatable bonds is 2. The molecule has 2 aromatic rings. The topological polar surface area (TPSA) is 78.1 Å². The van der Waals surface area contributed by atoms with Gasteiger partial charge in [-0.1, -0.05) is 12.1 Å². The third kappa shape index (κ3) is 2.48. The van der Waals surface area contributed by atoms with Crippen LogP contribution in [0.5, 0.6) is 0 Å². The minimum absolute atomic E-state index is 0.00869. The van der Waals surface area contributed by atoms with Crippen LogP contribution in [0.4, 0.5) is 0 Å². The standard InChI is InChI=1S/C13H14N4O2/c18-12-8-17(6-5-14-12)7-11-15-10-4-2-1-3-9(10)13(19)16-11/h1-4H,5-8H2,(H,14,18)(H,15,16,19). The molecule has 1 aromatic heterocycles. The van der Waals surface area contributed by atoms with Crippen molar-refractivity contribution in [3.63, 3.8) is 0 Å². The third-order valence-electron chi connectivity index (χ3n) is 3.15. The summed E-state index contributed by atoms with van der Waals surface area (Å²) in [6.45, 7) is 2.23. The number of carbonyl (C=O) groups excluding carboxylic acids is 1. The van der Waals surface area contributed by atoms with Crippen LogP contribution in [0.15, 0.2) is 29.1 Å². The number of nitrogens with zero attached hydrogens (tertiary/aromatic N) is 2. The Morgan fingerprint density at radius 1 is 1.26 bits per heavy atom. The highest BCUT2D eigenvalue weighted by molar-refractivity contribution is 5.79. The minimum atomic E-state index is -0.137. The van der Waals surface area contributed by atoms with E-state index in [1.807, 2.05) is 23.1 Å². The molecule has 0 unspecified atom stereocenters. The lowest BCUT2D eigenvalue weighted by molar-refractivity contribution is -0.124. The van der Waals surface area contributed by atoms with Gasteiger partial charge in [-0.2, -0.15) is 0 Å². The number of aromatic amines is 1. The number of piperazine rings is 1. The lowest BCUT2D eigenvalue weighted by atomic mass is 10.2. The first-order chi connectivity index (χ1) is 9.22. The zero-order valence-corrected chi connectivity index (χ0v) is 10.3. The number of hydrogen-bond donors (Lipinski definition) is 2. The summed E-state index contributed by atoms with van der Waals surface area (Å²) in [5.41, 5.74) is 0.546. The van der Waals surface area contributed by atoms with Crippen LogP contribution in [0.3, 0.4) is 0 Å². The van der Waals surface area contributed by atoms with Crippen LogP contribution >= 0.6 is 0 Å². The van der Waals surface area contributed by atoms with Crippen LogP contribution in [0.25, 0.3) is 10.9 Å². The molecule has 98 valence electrons. The largest absolute Gasteiger partial charge is 0.354 e. The quantitative estimate of drug-likeness (QED) is 0.785. The summed E-state index contributed by atoms with van der Waals surface area (Å²) in [6.07, 6.45) is 0. The average Bonchev–Trinajstić information content (AvgIpc) is 2.39. The maximum Gasteiger partial charge on any atom is 0.258 e. The Morgan fingerprint density at radius 2 is 2.11 bits per heavy atom. The van der Waals surface area contributed by atoms with E-state index in [2.05, 4.69) is 15.3 Å². The van der Waals surface area contributed by atoms with Gasteiger partial charge >= 0.3 is 0 Å². The molecule has 0 saturated carbocycles. The molecule has 6 heteroatoms. The predicted octanol–water partition coefficient (Wildman–Crippen LogP) is -0.145. The number of amides is 1. The van der Waals surface area contributed by atoms with Crippen LogP contribution in [-0.2, 0) is 11.3 Å². The van der Waals surface area contributed by atoms with Gasteiger partial charge in [0.05, 0.1) is 24.0 Å². The maximum absolute atomic E-state index is 11.9. The number of hydrogen-bond acceptors (Lipinski definition) is 4. The minimum Gasteiger partial charge on any atom is -0.354 e. The highest BCUT2D eigenvalue weighted by Crippen LogP contribution is 2.07. The molecule has 19 heavy (non-hydrogen) atoms. The lowest BCUT2D eigenvalue weighted by Crippen LogP contribution is -2.47. The zero-order chi connectivity index (χ0) is 13.2. The molecule has 2 N–H and O–H groups in total. The molecule has 0 bridgehead atoms. The van der Waals surface area contributed by atoms with Crippen molar-refractivity contribution in [2.45, 2.75) is 6.54 Å². The van der Waals surface area contributed by atoms with Gasteiger partial charge in [-0.25, -0.2) is 4.98 Å². The molecular formula is C13H14N4O2. The van der Waals surface area contributed by atoms with E-state index in [0.29, 0.717) is 36.4 Å². The average molecular weight is 258 g/mol. The number of aromatic nitrogens is 2. The Bertz CT molecular complexity index is 680. The first-order valence-electron chi connectivity index (χ1n) is 6.19. The normalized spacial score (nSPS) is 16.5. The van der Waals surface area contributed by atoms with Crippen molar-refractivity contribution in [3.05, 3.63) is 40.4 Å². The van der Waals surface area contributed by atoms with Crippen LogP contribution in [-0.4, -0.2) is 40.4 Å². The first kappa shape index (κ1) is 11.9. The summed E-state index contributed by atoms with van der Waals surface area (Å²) in [4.78, 5) is 32.4. The third-order valence-corrected chi connectivity index (χ3v) is 3.15. The molecule has 0 aliphatic carbocycles. The molecule has 1 aliphatic heterocycles. The Labute approximate surface area is 109 Å². The molecule has 2 heterocycles. The highest BCUT2D eigenvalue weighted by atomic mass is 16.2. The molecule has 1 aliphatic rings. The molecule has 1 saturated heterocycles. The summed E-state index contributed by atoms with van der Waals surface area (Å²) in [6, 6.07) is 7.23. The van der Waals surface area contributed by atoms with Gasteiger partial charge in [0.2, 0.25) is 5.91 Å². The molecule has 6 nitrogen and oxygen atoms in total. The van der Waals surface area contributed by atoms with E-state index in [1.54, 1.807) is 6.07 Å². The van der Waals surface area contributed by atoms with E-state index in [9.17, 15) is 9.59 Å². The van der Waals surface area contributed by atoms with Crippen LogP contribution in [0.1, 0.15) is 5.82 Å². The van der Waals surface area contributed by atoms with Gasteiger partial charge in [-0.05, 0) is 12.1 Å². The van der Waals surface area contributed by atoms with Gasteiger partial charge in [0.25, 0.3) is 5.56 Å². The van der Waals surface area contributed by atoms with Gasteiger partial charge in [-0.15, -0.1) is 0 Å². The van der Waals surface area contributed by atoms with Crippen molar-refractivity contribution >= 4 is 16.8 Å². The van der Waals surface area contributed by atoms with Gasteiger partial charge in [0.15, 0.2) is 0 Å². The number of fused-ring (bicyclic) bond motifs is 1. The fourth-order valence-electron chi connectivity index (χ4n) is 2.25. The molecule has 0 radical (unpaired) electrons. The first-order valence-corrected chi connectivity index (χ1v) is 6.19. The fourth-order valence-corrected chi connectivity index (χ4v) is 2.25. The van der Waals surface area contributed by atoms with Gasteiger partial charge < -0.3 is 10.3 Å². The number of carbonyl (C=O) groups is 1. The smallest absolute Gasteiger partial charge is 0.258 e. The molecule has 0 atom stereocenters. The number of benzene rings is 1. The Kier molecular flexibility index (Phi) is 3.00. The van der Waals surface area contributed by atoms with E-state index < -0.39 is 0 Å². The molecule has 0 spiro atoms. The summed E-state index contributed by atoms with van der Waals surface area (Å²) in [5.74, 6) is 0.604. The van der Waals surface area contributed by atoms with Crippen LogP contribution in [0, 0.1) is 0 Å². The van der Waals surface area contributed by atoms with Crippen LogP contribution < -0.4 is 10.9 Å². The SMILES string of the molecule is O=C1CN(Cc2nc3ccccc3c(=O)[nH]2)CCN1. The number of H-pyrrole nitrogens is 1. The Balaban J connectivity index is 1.89. The van der Waals surface area contributed by atoms with Crippen LogP contribution in [0.2, 0.25) is 0 Å². The van der Waals surface area contributed by atoms with E-state index in [0.717, 1.165) is 6.54 Å². The molecule has 1 fully saturated rings. The summed E-state index contributed by atoms with van der Waals surface area (Å²) >= 11 is 0. The van der Waals surface area contributed by atoms with Crippen molar-refractivity contribution in [2.24, 2.45) is 0 Å². The second-order valence-electron chi connectivity index (χ2n) is 4.59. The van der Waals surface area contributed by atoms with E-state index >= 15 is 0 Å². The molecule has 3 rings (SSSR count). The monoisotopic (exact) mass is 258 g/mol. The van der Waals surface area contributed by atoms with Crippen molar-refractivity contribution < 1.29 is 4.79 Å². The number of para-hydroxylation sites is 1. The second kappa shape index (κ2) is 4.81. The molecule has 1 aromatic carbocycles. The zero-order valence-electron chi connectivity index (χ0n) is 10.3. The molecule has 1 amide bonds. The maximum atomic E-state index is 11.9. The summed E-state index contributed by atoms with van der Waals surface area (Å²) < 4.78 is 0. The fraction of sp³-hybridized carbons (Fsp3) is 0.308. The van der Waals surface area contributed by atoms with Gasteiger partial charge in [0.1, 0.15) is 5.82 Å². The summed E-state index contributed by atoms with van der Waals surface area (Å²) in [7, 11) is 0. The highest BCUT2D eigenvalue weighted by Gasteiger charge is 2.17. The van der Waals surface area contributed by atoms with Gasteiger partial charge in [0, 0.05) is 13.1 Å². The number of nitrogens with one attached hydrogen (secondary N) is 2. The van der Waals surface area contributed by atoms with E-state index in [-0.39, 0.29) is 11.5 Å². The van der Waals surface area contributed by atoms with Gasteiger partial charge in [-0.3, -0.25) is 14.5 Å². The van der Waals surface area contributed by atoms with Crippen molar-refractivity contribution in [1.29, 1.82) is 0 Å². The van der Waals surface area contributed by atoms with Crippen molar-refractivity contribution in [1.82, 2.24) is 20.2 Å². The second-order valence-corrected chi connectivity index (χ2v) is 4.59. The predicted molar refractivity (Wildman–Crippen MR) is 70.7 cm³/mol. The lowest BCUT2D eigenvalue weighted by Gasteiger charge is -2.25. The van der Waals surface area contributed by atoms with Crippen molar-refractivity contribution in [3.8, 4) is 0 Å². The van der Waals surface area contributed by atoms with E-state index in [4.69, 9.17) is 0 Å². The van der Waals surface area contributed by atoms with E-state index in [1.165, 1.54) is 0 Å².